The van der Waals surface area contributed by atoms with Crippen LogP contribution in [0.2, 0.25) is 0 Å². The first-order chi connectivity index (χ1) is 15.9. The van der Waals surface area contributed by atoms with Gasteiger partial charge in [-0.2, -0.15) is 0 Å². The van der Waals surface area contributed by atoms with Crippen molar-refractivity contribution in [3.05, 3.63) is 105 Å². The molecule has 0 bridgehead atoms. The number of hydrogen-bond acceptors (Lipinski definition) is 6. The molecule has 1 amide bonds. The first kappa shape index (κ1) is 21.8. The van der Waals surface area contributed by atoms with Crippen molar-refractivity contribution < 1.29 is 18.9 Å². The molecule has 1 unspecified atom stereocenters. The molecule has 0 fully saturated rings. The van der Waals surface area contributed by atoms with Gasteiger partial charge in [-0.05, 0) is 47.9 Å². The standard InChI is InChI=1S/C25H20N2O6/c1-16(17-5-3-2-4-6-17)26-24(28)15-32-20-11-12-21-22(14-25(29)33-23(21)13-20)18-7-9-19(10-8-18)27(30)31/h2-14,16H,15H2,1H3,(H,26,28). The molecule has 33 heavy (non-hydrogen) atoms. The first-order valence-corrected chi connectivity index (χ1v) is 10.2. The van der Waals surface area contributed by atoms with E-state index in [1.54, 1.807) is 30.3 Å². The molecule has 3 aromatic carbocycles. The van der Waals surface area contributed by atoms with Crippen LogP contribution in [0.15, 0.2) is 88.1 Å². The van der Waals surface area contributed by atoms with Crippen LogP contribution in [0.25, 0.3) is 22.1 Å². The second-order valence-corrected chi connectivity index (χ2v) is 7.43. The fourth-order valence-electron chi connectivity index (χ4n) is 3.49. The lowest BCUT2D eigenvalue weighted by Crippen LogP contribution is -2.31. The van der Waals surface area contributed by atoms with E-state index < -0.39 is 10.5 Å². The van der Waals surface area contributed by atoms with Gasteiger partial charge in [0.1, 0.15) is 11.3 Å². The van der Waals surface area contributed by atoms with Crippen LogP contribution in [0, 0.1) is 10.1 Å². The highest BCUT2D eigenvalue weighted by Crippen LogP contribution is 2.30. The Hall–Kier alpha value is -4.46. The predicted molar refractivity (Wildman–Crippen MR) is 123 cm³/mol. The normalized spacial score (nSPS) is 11.7. The predicted octanol–water partition coefficient (Wildman–Crippen LogP) is 4.62. The fraction of sp³-hybridized carbons (Fsp3) is 0.120. The number of nitro groups is 1. The van der Waals surface area contributed by atoms with Gasteiger partial charge in [0.15, 0.2) is 6.61 Å². The van der Waals surface area contributed by atoms with Gasteiger partial charge < -0.3 is 14.5 Å². The molecule has 0 aliphatic rings. The summed E-state index contributed by atoms with van der Waals surface area (Å²) in [6, 6.07) is 21.6. The van der Waals surface area contributed by atoms with Gasteiger partial charge in [0.25, 0.3) is 11.6 Å². The highest BCUT2D eigenvalue weighted by molar-refractivity contribution is 5.94. The highest BCUT2D eigenvalue weighted by atomic mass is 16.6. The monoisotopic (exact) mass is 444 g/mol. The third-order valence-electron chi connectivity index (χ3n) is 5.15. The molecular formula is C25H20N2O6. The van der Waals surface area contributed by atoms with Crippen LogP contribution >= 0.6 is 0 Å². The zero-order valence-corrected chi connectivity index (χ0v) is 17.7. The summed E-state index contributed by atoms with van der Waals surface area (Å²) in [6.45, 7) is 1.69. The second kappa shape index (κ2) is 9.35. The molecule has 166 valence electrons. The number of fused-ring (bicyclic) bond motifs is 1. The molecule has 8 nitrogen and oxygen atoms in total. The molecule has 4 aromatic rings. The number of amides is 1. The molecule has 0 aliphatic carbocycles. The molecule has 0 saturated carbocycles. The van der Waals surface area contributed by atoms with Crippen molar-refractivity contribution in [3.63, 3.8) is 0 Å². The van der Waals surface area contributed by atoms with Gasteiger partial charge in [0.05, 0.1) is 11.0 Å². The SMILES string of the molecule is CC(NC(=O)COc1ccc2c(-c3ccc([N+](=O)[O-])cc3)cc(=O)oc2c1)c1ccccc1. The number of hydrogen-bond donors (Lipinski definition) is 1. The van der Waals surface area contributed by atoms with Gasteiger partial charge in [0, 0.05) is 29.7 Å². The van der Waals surface area contributed by atoms with E-state index in [1.165, 1.54) is 18.2 Å². The van der Waals surface area contributed by atoms with Gasteiger partial charge in [-0.15, -0.1) is 0 Å². The summed E-state index contributed by atoms with van der Waals surface area (Å²) in [5.41, 5.74) is 1.88. The van der Waals surface area contributed by atoms with Crippen molar-refractivity contribution in [1.82, 2.24) is 5.32 Å². The molecule has 1 aromatic heterocycles. The van der Waals surface area contributed by atoms with Gasteiger partial charge in [-0.25, -0.2) is 4.79 Å². The van der Waals surface area contributed by atoms with Crippen LogP contribution in [0.5, 0.6) is 5.75 Å². The van der Waals surface area contributed by atoms with Gasteiger partial charge in [-0.3, -0.25) is 14.9 Å². The zero-order chi connectivity index (χ0) is 23.4. The topological polar surface area (TPSA) is 112 Å². The van der Waals surface area contributed by atoms with Gasteiger partial charge in [0.2, 0.25) is 0 Å². The maximum absolute atomic E-state index is 12.3. The number of nitro benzene ring substituents is 1. The van der Waals surface area contributed by atoms with Crippen LogP contribution in [0.3, 0.4) is 0 Å². The van der Waals surface area contributed by atoms with Crippen molar-refractivity contribution >= 4 is 22.6 Å². The minimum atomic E-state index is -0.567. The van der Waals surface area contributed by atoms with Crippen LogP contribution in [-0.2, 0) is 4.79 Å². The number of carbonyl (C=O) groups excluding carboxylic acids is 1. The van der Waals surface area contributed by atoms with Crippen LogP contribution in [0.4, 0.5) is 5.69 Å². The Morgan fingerprint density at radius 1 is 1.06 bits per heavy atom. The number of benzene rings is 3. The maximum atomic E-state index is 12.3. The van der Waals surface area contributed by atoms with E-state index in [4.69, 9.17) is 9.15 Å². The number of carbonyl (C=O) groups is 1. The summed E-state index contributed by atoms with van der Waals surface area (Å²) in [5.74, 6) is 0.0848. The molecule has 0 radical (unpaired) electrons. The van der Waals surface area contributed by atoms with Gasteiger partial charge in [-0.1, -0.05) is 30.3 Å². The van der Waals surface area contributed by atoms with Crippen molar-refractivity contribution in [3.8, 4) is 16.9 Å². The molecule has 8 heteroatoms. The molecule has 0 aliphatic heterocycles. The first-order valence-electron chi connectivity index (χ1n) is 10.2. The Labute approximate surface area is 188 Å². The largest absolute Gasteiger partial charge is 0.484 e. The Morgan fingerprint density at radius 3 is 2.48 bits per heavy atom. The number of nitrogens with one attached hydrogen (secondary N) is 1. The van der Waals surface area contributed by atoms with E-state index in [0.717, 1.165) is 5.56 Å². The molecule has 1 atom stereocenters. The van der Waals surface area contributed by atoms with Crippen molar-refractivity contribution in [2.75, 3.05) is 6.61 Å². The van der Waals surface area contributed by atoms with Crippen LogP contribution in [0.1, 0.15) is 18.5 Å². The van der Waals surface area contributed by atoms with E-state index in [-0.39, 0.29) is 29.8 Å². The Bertz CT molecular complexity index is 1360. The third-order valence-corrected chi connectivity index (χ3v) is 5.15. The lowest BCUT2D eigenvalue weighted by molar-refractivity contribution is -0.384. The average molecular weight is 444 g/mol. The second-order valence-electron chi connectivity index (χ2n) is 7.43. The lowest BCUT2D eigenvalue weighted by Gasteiger charge is -2.15. The average Bonchev–Trinajstić information content (AvgIpc) is 2.82. The van der Waals surface area contributed by atoms with E-state index >= 15 is 0 Å². The third kappa shape index (κ3) is 5.07. The Balaban J connectivity index is 1.51. The van der Waals surface area contributed by atoms with Crippen LogP contribution in [-0.4, -0.2) is 17.4 Å². The molecule has 1 heterocycles. The summed E-state index contributed by atoms with van der Waals surface area (Å²) in [5, 5.41) is 14.4. The fourth-order valence-corrected chi connectivity index (χ4v) is 3.49. The zero-order valence-electron chi connectivity index (χ0n) is 17.7. The smallest absolute Gasteiger partial charge is 0.336 e. The summed E-state index contributed by atoms with van der Waals surface area (Å²) < 4.78 is 10.9. The van der Waals surface area contributed by atoms with Crippen molar-refractivity contribution in [1.29, 1.82) is 0 Å². The minimum absolute atomic E-state index is 0.0402. The van der Waals surface area contributed by atoms with Crippen molar-refractivity contribution in [2.24, 2.45) is 0 Å². The lowest BCUT2D eigenvalue weighted by atomic mass is 10.0. The maximum Gasteiger partial charge on any atom is 0.336 e. The minimum Gasteiger partial charge on any atom is -0.484 e. The molecule has 1 N–H and O–H groups in total. The summed E-state index contributed by atoms with van der Waals surface area (Å²) in [6.07, 6.45) is 0. The summed E-state index contributed by atoms with van der Waals surface area (Å²) >= 11 is 0. The number of nitrogens with zero attached hydrogens (tertiary/aromatic N) is 1. The van der Waals surface area contributed by atoms with Crippen molar-refractivity contribution in [2.45, 2.75) is 13.0 Å². The molecule has 0 saturated heterocycles. The number of ether oxygens (including phenoxy) is 1. The molecular weight excluding hydrogens is 424 g/mol. The highest BCUT2D eigenvalue weighted by Gasteiger charge is 2.13. The van der Waals surface area contributed by atoms with Crippen LogP contribution < -0.4 is 15.7 Å². The van der Waals surface area contributed by atoms with E-state index in [2.05, 4.69) is 5.32 Å². The Morgan fingerprint density at radius 2 is 1.79 bits per heavy atom. The summed E-state index contributed by atoms with van der Waals surface area (Å²) in [7, 11) is 0. The quantitative estimate of drug-likeness (QED) is 0.253. The molecule has 0 spiro atoms. The number of non-ortho nitro benzene ring substituents is 1. The van der Waals surface area contributed by atoms with E-state index in [1.807, 2.05) is 37.3 Å². The molecule has 4 rings (SSSR count). The van der Waals surface area contributed by atoms with E-state index in [9.17, 15) is 19.7 Å². The van der Waals surface area contributed by atoms with Gasteiger partial charge >= 0.3 is 5.63 Å². The number of rotatable bonds is 7. The van der Waals surface area contributed by atoms with E-state index in [0.29, 0.717) is 22.3 Å². The summed E-state index contributed by atoms with van der Waals surface area (Å²) in [4.78, 5) is 34.8. The Kier molecular flexibility index (Phi) is 6.17.